The van der Waals surface area contributed by atoms with Crippen molar-refractivity contribution in [1.82, 2.24) is 0 Å². The maximum absolute atomic E-state index is 5.16. The molecule has 0 bridgehead atoms. The molecule has 0 fully saturated rings. The molecule has 2 nitrogen and oxygen atoms in total. The lowest BCUT2D eigenvalue weighted by molar-refractivity contribution is 0.123. The van der Waals surface area contributed by atoms with Gasteiger partial charge in [0.05, 0.1) is 6.61 Å². The summed E-state index contributed by atoms with van der Waals surface area (Å²) < 4.78 is 0. The summed E-state index contributed by atoms with van der Waals surface area (Å²) in [5, 5.41) is 0. The van der Waals surface area contributed by atoms with E-state index in [0.29, 0.717) is 18.4 Å². The van der Waals surface area contributed by atoms with Gasteiger partial charge in [0, 0.05) is 0 Å². The topological polar surface area (TPSA) is 35.2 Å². The van der Waals surface area contributed by atoms with E-state index in [-0.39, 0.29) is 0 Å². The van der Waals surface area contributed by atoms with E-state index in [2.05, 4.69) is 45.9 Å². The highest BCUT2D eigenvalue weighted by atomic mass is 16.6. The minimum atomic E-state index is 0.494. The highest BCUT2D eigenvalue weighted by Crippen LogP contribution is 2.24. The summed E-state index contributed by atoms with van der Waals surface area (Å²) in [6, 6.07) is 6.58. The molecule has 2 N–H and O–H groups in total. The van der Waals surface area contributed by atoms with Crippen LogP contribution in [-0.2, 0) is 11.4 Å². The molecule has 1 rings (SSSR count). The zero-order valence-corrected chi connectivity index (χ0v) is 10.1. The molecule has 2 heteroatoms. The molecule has 0 aromatic heterocycles. The maximum atomic E-state index is 5.16. The summed E-state index contributed by atoms with van der Waals surface area (Å²) in [5.41, 5.74) is 3.87. The molecule has 0 radical (unpaired) electrons. The van der Waals surface area contributed by atoms with Gasteiger partial charge in [-0.25, -0.2) is 5.90 Å². The Hall–Kier alpha value is -0.860. The average Bonchev–Trinajstić information content (AvgIpc) is 2.17. The maximum Gasteiger partial charge on any atom is 0.0932 e. The Balaban J connectivity index is 3.08. The monoisotopic (exact) mass is 207 g/mol. The van der Waals surface area contributed by atoms with Gasteiger partial charge in [-0.05, 0) is 28.5 Å². The van der Waals surface area contributed by atoms with E-state index in [0.717, 1.165) is 0 Å². The van der Waals surface area contributed by atoms with Crippen molar-refractivity contribution in [2.24, 2.45) is 5.90 Å². The van der Waals surface area contributed by atoms with Crippen molar-refractivity contribution in [3.05, 3.63) is 34.9 Å². The van der Waals surface area contributed by atoms with Gasteiger partial charge in [-0.1, -0.05) is 45.9 Å². The average molecular weight is 207 g/mol. The Morgan fingerprint density at radius 2 is 1.80 bits per heavy atom. The van der Waals surface area contributed by atoms with Gasteiger partial charge in [0.25, 0.3) is 0 Å². The molecular formula is C13H21NO. The fourth-order valence-electron chi connectivity index (χ4n) is 1.76. The van der Waals surface area contributed by atoms with Crippen LogP contribution in [0.2, 0.25) is 0 Å². The van der Waals surface area contributed by atoms with Crippen molar-refractivity contribution >= 4 is 0 Å². The van der Waals surface area contributed by atoms with E-state index in [1.54, 1.807) is 0 Å². The first kappa shape index (κ1) is 12.2. The highest BCUT2D eigenvalue weighted by Gasteiger charge is 2.09. The molecule has 0 amide bonds. The Morgan fingerprint density at radius 3 is 2.27 bits per heavy atom. The molecule has 15 heavy (non-hydrogen) atoms. The highest BCUT2D eigenvalue weighted by molar-refractivity contribution is 5.35. The molecule has 0 aliphatic carbocycles. The zero-order chi connectivity index (χ0) is 11.4. The Labute approximate surface area is 92.4 Å². The molecule has 0 unspecified atom stereocenters. The normalized spacial score (nSPS) is 11.4. The number of benzene rings is 1. The summed E-state index contributed by atoms with van der Waals surface area (Å²) >= 11 is 0. The fourth-order valence-corrected chi connectivity index (χ4v) is 1.76. The lowest BCUT2D eigenvalue weighted by Gasteiger charge is -2.15. The largest absolute Gasteiger partial charge is 0.300 e. The predicted molar refractivity (Wildman–Crippen MR) is 63.6 cm³/mol. The van der Waals surface area contributed by atoms with Crippen LogP contribution in [-0.4, -0.2) is 0 Å². The second-order valence-corrected chi connectivity index (χ2v) is 4.58. The van der Waals surface area contributed by atoms with E-state index in [4.69, 9.17) is 10.7 Å². The molecule has 1 aromatic carbocycles. The van der Waals surface area contributed by atoms with Gasteiger partial charge in [0.15, 0.2) is 0 Å². The van der Waals surface area contributed by atoms with Crippen molar-refractivity contribution in [2.75, 3.05) is 0 Å². The Kier molecular flexibility index (Phi) is 4.30. The van der Waals surface area contributed by atoms with Gasteiger partial charge in [-0.2, -0.15) is 0 Å². The minimum Gasteiger partial charge on any atom is -0.300 e. The quantitative estimate of drug-likeness (QED) is 0.769. The van der Waals surface area contributed by atoms with E-state index in [1.165, 1.54) is 16.7 Å². The van der Waals surface area contributed by atoms with Crippen LogP contribution >= 0.6 is 0 Å². The van der Waals surface area contributed by atoms with Crippen molar-refractivity contribution < 1.29 is 4.84 Å². The lowest BCUT2D eigenvalue weighted by atomic mass is 9.92. The van der Waals surface area contributed by atoms with Crippen LogP contribution in [0.4, 0.5) is 0 Å². The van der Waals surface area contributed by atoms with Crippen molar-refractivity contribution in [3.8, 4) is 0 Å². The van der Waals surface area contributed by atoms with Crippen LogP contribution in [0.5, 0.6) is 0 Å². The SMILES string of the molecule is CC(C)c1ccc(C(C)C)c(CON)c1. The standard InChI is InChI=1S/C13H21NO/c1-9(2)11-5-6-13(10(3)4)12(7-11)8-15-14/h5-7,9-10H,8,14H2,1-4H3. The predicted octanol–water partition coefficient (Wildman–Crippen LogP) is 3.32. The summed E-state index contributed by atoms with van der Waals surface area (Å²) in [4.78, 5) is 4.75. The Bertz CT molecular complexity index is 318. The molecular weight excluding hydrogens is 186 g/mol. The van der Waals surface area contributed by atoms with Gasteiger partial charge in [0.1, 0.15) is 0 Å². The molecule has 0 heterocycles. The van der Waals surface area contributed by atoms with Gasteiger partial charge in [0.2, 0.25) is 0 Å². The number of nitrogens with two attached hydrogens (primary N) is 1. The van der Waals surface area contributed by atoms with E-state index >= 15 is 0 Å². The molecule has 0 saturated heterocycles. The number of rotatable bonds is 4. The zero-order valence-electron chi connectivity index (χ0n) is 10.1. The van der Waals surface area contributed by atoms with E-state index < -0.39 is 0 Å². The number of hydrogen-bond acceptors (Lipinski definition) is 2. The molecule has 84 valence electrons. The first-order valence-electron chi connectivity index (χ1n) is 5.50. The summed E-state index contributed by atoms with van der Waals surface area (Å²) in [5.74, 6) is 6.21. The number of hydrogen-bond donors (Lipinski definition) is 1. The van der Waals surface area contributed by atoms with Crippen LogP contribution in [0.3, 0.4) is 0 Å². The smallest absolute Gasteiger partial charge is 0.0932 e. The van der Waals surface area contributed by atoms with Crippen LogP contribution in [0.15, 0.2) is 18.2 Å². The molecule has 0 aliphatic rings. The third kappa shape index (κ3) is 3.05. The van der Waals surface area contributed by atoms with E-state index in [1.807, 2.05) is 0 Å². The molecule has 0 atom stereocenters. The molecule has 1 aromatic rings. The van der Waals surface area contributed by atoms with Gasteiger partial charge in [-0.15, -0.1) is 0 Å². The van der Waals surface area contributed by atoms with Crippen LogP contribution in [0.25, 0.3) is 0 Å². The van der Waals surface area contributed by atoms with E-state index in [9.17, 15) is 0 Å². The Morgan fingerprint density at radius 1 is 1.13 bits per heavy atom. The second kappa shape index (κ2) is 5.29. The van der Waals surface area contributed by atoms with Crippen molar-refractivity contribution in [2.45, 2.75) is 46.1 Å². The van der Waals surface area contributed by atoms with Gasteiger partial charge >= 0.3 is 0 Å². The third-order valence-corrected chi connectivity index (χ3v) is 2.69. The molecule has 0 saturated carbocycles. The van der Waals surface area contributed by atoms with Crippen LogP contribution in [0, 0.1) is 0 Å². The lowest BCUT2D eigenvalue weighted by Crippen LogP contribution is -2.04. The minimum absolute atomic E-state index is 0.494. The van der Waals surface area contributed by atoms with Crippen molar-refractivity contribution in [3.63, 3.8) is 0 Å². The fraction of sp³-hybridized carbons (Fsp3) is 0.538. The summed E-state index contributed by atoms with van der Waals surface area (Å²) in [6.45, 7) is 9.25. The first-order chi connectivity index (χ1) is 7.06. The molecule has 0 aliphatic heterocycles. The van der Waals surface area contributed by atoms with Crippen LogP contribution in [0.1, 0.15) is 56.2 Å². The van der Waals surface area contributed by atoms with Crippen molar-refractivity contribution in [1.29, 1.82) is 0 Å². The van der Waals surface area contributed by atoms with Crippen LogP contribution < -0.4 is 5.90 Å². The summed E-state index contributed by atoms with van der Waals surface area (Å²) in [6.07, 6.45) is 0. The third-order valence-electron chi connectivity index (χ3n) is 2.69. The first-order valence-corrected chi connectivity index (χ1v) is 5.50. The molecule has 0 spiro atoms. The van der Waals surface area contributed by atoms with Gasteiger partial charge in [-0.3, -0.25) is 4.84 Å². The van der Waals surface area contributed by atoms with Gasteiger partial charge < -0.3 is 0 Å². The second-order valence-electron chi connectivity index (χ2n) is 4.58. The summed E-state index contributed by atoms with van der Waals surface area (Å²) in [7, 11) is 0.